The van der Waals surface area contributed by atoms with E-state index in [1.54, 1.807) is 14.0 Å². The standard InChI is InChI=1S/C11H17ClN2O2/c1-5-9(6-15-4)16-11-7(2)10(12)13-8(3)14-11/h9H,5-6H2,1-4H3. The molecule has 16 heavy (non-hydrogen) atoms. The highest BCUT2D eigenvalue weighted by Crippen LogP contribution is 2.23. The fraction of sp³-hybridized carbons (Fsp3) is 0.636. The Hall–Kier alpha value is -0.870. The summed E-state index contributed by atoms with van der Waals surface area (Å²) < 4.78 is 10.8. The quantitative estimate of drug-likeness (QED) is 0.747. The van der Waals surface area contributed by atoms with Crippen molar-refractivity contribution in [1.82, 2.24) is 9.97 Å². The molecule has 0 bridgehead atoms. The lowest BCUT2D eigenvalue weighted by Crippen LogP contribution is -2.22. The lowest BCUT2D eigenvalue weighted by atomic mass is 10.3. The number of nitrogens with zero attached hydrogens (tertiary/aromatic N) is 2. The molecule has 0 spiro atoms. The molecular formula is C11H17ClN2O2. The molecule has 1 rings (SSSR count). The summed E-state index contributed by atoms with van der Waals surface area (Å²) in [4.78, 5) is 8.29. The maximum atomic E-state index is 5.96. The van der Waals surface area contributed by atoms with Crippen LogP contribution in [0.3, 0.4) is 0 Å². The second-order valence-corrected chi connectivity index (χ2v) is 3.95. The Balaban J connectivity index is 2.87. The summed E-state index contributed by atoms with van der Waals surface area (Å²) in [6.45, 7) is 6.21. The van der Waals surface area contributed by atoms with Gasteiger partial charge < -0.3 is 9.47 Å². The predicted molar refractivity (Wildman–Crippen MR) is 63.1 cm³/mol. The first-order valence-corrected chi connectivity index (χ1v) is 5.62. The molecule has 0 saturated carbocycles. The SMILES string of the molecule is CCC(COC)Oc1nc(C)nc(Cl)c1C. The number of hydrogen-bond acceptors (Lipinski definition) is 4. The number of hydrogen-bond donors (Lipinski definition) is 0. The molecule has 1 aromatic heterocycles. The van der Waals surface area contributed by atoms with Gasteiger partial charge in [-0.2, -0.15) is 4.98 Å². The van der Waals surface area contributed by atoms with Gasteiger partial charge in [0.05, 0.1) is 6.61 Å². The molecule has 0 aromatic carbocycles. The Morgan fingerprint density at radius 2 is 2.00 bits per heavy atom. The molecule has 1 heterocycles. The molecule has 0 aliphatic carbocycles. The monoisotopic (exact) mass is 244 g/mol. The van der Waals surface area contributed by atoms with E-state index >= 15 is 0 Å². The van der Waals surface area contributed by atoms with Crippen molar-refractivity contribution in [3.63, 3.8) is 0 Å². The van der Waals surface area contributed by atoms with Crippen LogP contribution in [-0.4, -0.2) is 29.8 Å². The summed E-state index contributed by atoms with van der Waals surface area (Å²) in [6, 6.07) is 0. The average molecular weight is 245 g/mol. The van der Waals surface area contributed by atoms with Crippen molar-refractivity contribution in [3.8, 4) is 5.88 Å². The van der Waals surface area contributed by atoms with E-state index in [0.29, 0.717) is 23.5 Å². The highest BCUT2D eigenvalue weighted by molar-refractivity contribution is 6.30. The Labute approximate surface area is 101 Å². The van der Waals surface area contributed by atoms with E-state index in [1.807, 2.05) is 13.8 Å². The smallest absolute Gasteiger partial charge is 0.221 e. The van der Waals surface area contributed by atoms with Crippen LogP contribution >= 0.6 is 11.6 Å². The number of methoxy groups -OCH3 is 1. The van der Waals surface area contributed by atoms with Gasteiger partial charge in [-0.25, -0.2) is 4.98 Å². The zero-order valence-electron chi connectivity index (χ0n) is 10.1. The van der Waals surface area contributed by atoms with Gasteiger partial charge >= 0.3 is 0 Å². The Kier molecular flexibility index (Phi) is 4.96. The predicted octanol–water partition coefficient (Wildman–Crippen LogP) is 2.55. The molecule has 0 N–H and O–H groups in total. The van der Waals surface area contributed by atoms with E-state index in [2.05, 4.69) is 9.97 Å². The molecule has 90 valence electrons. The van der Waals surface area contributed by atoms with Crippen molar-refractivity contribution in [2.24, 2.45) is 0 Å². The Morgan fingerprint density at radius 3 is 2.56 bits per heavy atom. The van der Waals surface area contributed by atoms with Crippen LogP contribution in [0.25, 0.3) is 0 Å². The van der Waals surface area contributed by atoms with Crippen molar-refractivity contribution in [3.05, 3.63) is 16.5 Å². The fourth-order valence-corrected chi connectivity index (χ4v) is 1.47. The molecule has 5 heteroatoms. The average Bonchev–Trinajstić information content (AvgIpc) is 2.24. The van der Waals surface area contributed by atoms with Gasteiger partial charge in [0.2, 0.25) is 5.88 Å². The molecule has 1 unspecified atom stereocenters. The van der Waals surface area contributed by atoms with Crippen molar-refractivity contribution in [2.75, 3.05) is 13.7 Å². The van der Waals surface area contributed by atoms with Crippen molar-refractivity contribution >= 4 is 11.6 Å². The fourth-order valence-electron chi connectivity index (χ4n) is 1.26. The van der Waals surface area contributed by atoms with Crippen LogP contribution in [0.2, 0.25) is 5.15 Å². The van der Waals surface area contributed by atoms with Crippen molar-refractivity contribution in [1.29, 1.82) is 0 Å². The number of halogens is 1. The van der Waals surface area contributed by atoms with Crippen molar-refractivity contribution in [2.45, 2.75) is 33.3 Å². The number of rotatable bonds is 5. The van der Waals surface area contributed by atoms with E-state index < -0.39 is 0 Å². The highest BCUT2D eigenvalue weighted by Gasteiger charge is 2.13. The summed E-state index contributed by atoms with van der Waals surface area (Å²) >= 11 is 5.96. The zero-order valence-corrected chi connectivity index (χ0v) is 10.8. The molecule has 0 amide bonds. The maximum absolute atomic E-state index is 5.96. The van der Waals surface area contributed by atoms with Gasteiger partial charge in [0.15, 0.2) is 0 Å². The van der Waals surface area contributed by atoms with Gasteiger partial charge in [-0.3, -0.25) is 0 Å². The number of ether oxygens (including phenoxy) is 2. The largest absolute Gasteiger partial charge is 0.472 e. The molecule has 1 atom stereocenters. The van der Waals surface area contributed by atoms with Crippen LogP contribution in [0.4, 0.5) is 0 Å². The van der Waals surface area contributed by atoms with Gasteiger partial charge in [0.25, 0.3) is 0 Å². The topological polar surface area (TPSA) is 44.2 Å². The zero-order chi connectivity index (χ0) is 12.1. The van der Waals surface area contributed by atoms with E-state index in [1.165, 1.54) is 0 Å². The van der Waals surface area contributed by atoms with Crippen LogP contribution in [0.1, 0.15) is 24.7 Å². The maximum Gasteiger partial charge on any atom is 0.221 e. The van der Waals surface area contributed by atoms with Gasteiger partial charge in [-0.05, 0) is 20.3 Å². The summed E-state index contributed by atoms with van der Waals surface area (Å²) in [6.07, 6.45) is 0.850. The first-order valence-electron chi connectivity index (χ1n) is 5.24. The third kappa shape index (κ3) is 3.32. The second kappa shape index (κ2) is 6.01. The minimum atomic E-state index is -0.00549. The molecule has 4 nitrogen and oxygen atoms in total. The number of aryl methyl sites for hydroxylation is 1. The van der Waals surface area contributed by atoms with E-state index in [9.17, 15) is 0 Å². The lowest BCUT2D eigenvalue weighted by Gasteiger charge is -2.17. The van der Waals surface area contributed by atoms with Crippen LogP contribution in [0.15, 0.2) is 0 Å². The van der Waals surface area contributed by atoms with E-state index in [4.69, 9.17) is 21.1 Å². The highest BCUT2D eigenvalue weighted by atomic mass is 35.5. The molecule has 0 aliphatic rings. The van der Waals surface area contributed by atoms with Crippen LogP contribution < -0.4 is 4.74 Å². The third-order valence-corrected chi connectivity index (χ3v) is 2.61. The first-order chi connectivity index (χ1) is 7.58. The van der Waals surface area contributed by atoms with Gasteiger partial charge in [0, 0.05) is 12.7 Å². The summed E-state index contributed by atoms with van der Waals surface area (Å²) in [5, 5.41) is 0.440. The molecule has 0 saturated heterocycles. The Bertz CT molecular complexity index is 358. The van der Waals surface area contributed by atoms with Gasteiger partial charge in [-0.1, -0.05) is 18.5 Å². The van der Waals surface area contributed by atoms with Gasteiger partial charge in [-0.15, -0.1) is 0 Å². The normalized spacial score (nSPS) is 12.6. The molecule has 0 radical (unpaired) electrons. The summed E-state index contributed by atoms with van der Waals surface area (Å²) in [7, 11) is 1.65. The lowest BCUT2D eigenvalue weighted by molar-refractivity contribution is 0.0749. The molecule has 0 fully saturated rings. The van der Waals surface area contributed by atoms with E-state index in [-0.39, 0.29) is 6.10 Å². The molecular weight excluding hydrogens is 228 g/mol. The Morgan fingerprint density at radius 1 is 1.31 bits per heavy atom. The summed E-state index contributed by atoms with van der Waals surface area (Å²) in [5.74, 6) is 1.15. The minimum absolute atomic E-state index is 0.00549. The third-order valence-electron chi connectivity index (χ3n) is 2.24. The molecule has 0 aliphatic heterocycles. The van der Waals surface area contributed by atoms with Gasteiger partial charge in [0.1, 0.15) is 17.1 Å². The minimum Gasteiger partial charge on any atom is -0.472 e. The van der Waals surface area contributed by atoms with Crippen LogP contribution in [-0.2, 0) is 4.74 Å². The molecule has 1 aromatic rings. The van der Waals surface area contributed by atoms with E-state index in [0.717, 1.165) is 12.0 Å². The van der Waals surface area contributed by atoms with Crippen molar-refractivity contribution < 1.29 is 9.47 Å². The second-order valence-electron chi connectivity index (χ2n) is 3.60. The van der Waals surface area contributed by atoms with Crippen LogP contribution in [0.5, 0.6) is 5.88 Å². The summed E-state index contributed by atoms with van der Waals surface area (Å²) in [5.41, 5.74) is 0.766. The van der Waals surface area contributed by atoms with Crippen LogP contribution in [0, 0.1) is 13.8 Å². The number of aromatic nitrogens is 2. The first kappa shape index (κ1) is 13.2.